The van der Waals surface area contributed by atoms with E-state index in [4.69, 9.17) is 4.74 Å². The van der Waals surface area contributed by atoms with Crippen molar-refractivity contribution in [3.05, 3.63) is 59.4 Å². The van der Waals surface area contributed by atoms with Crippen LogP contribution in [0.15, 0.2) is 42.5 Å². The highest BCUT2D eigenvalue weighted by Gasteiger charge is 2.28. The molecule has 2 aromatic rings. The molecule has 0 bridgehead atoms. The number of ether oxygens (including phenoxy) is 1. The Morgan fingerprint density at radius 1 is 1.22 bits per heavy atom. The summed E-state index contributed by atoms with van der Waals surface area (Å²) in [6.45, 7) is 5.48. The Kier molecular flexibility index (Phi) is 4.57. The van der Waals surface area contributed by atoms with Crippen LogP contribution in [0.2, 0.25) is 0 Å². The first kappa shape index (κ1) is 15.5. The Bertz CT molecular complexity index is 688. The van der Waals surface area contributed by atoms with Crippen LogP contribution in [0.1, 0.15) is 23.0 Å². The van der Waals surface area contributed by atoms with E-state index in [-0.39, 0.29) is 12.1 Å². The van der Waals surface area contributed by atoms with Gasteiger partial charge in [-0.05, 0) is 31.5 Å². The summed E-state index contributed by atoms with van der Waals surface area (Å²) in [5, 5.41) is 2.98. The van der Waals surface area contributed by atoms with Gasteiger partial charge < -0.3 is 15.0 Å². The van der Waals surface area contributed by atoms with Crippen molar-refractivity contribution in [1.29, 1.82) is 0 Å². The predicted octanol–water partition coefficient (Wildman–Crippen LogP) is 3.30. The number of benzene rings is 1. The van der Waals surface area contributed by atoms with Crippen LogP contribution in [0, 0.1) is 13.8 Å². The third-order valence-electron chi connectivity index (χ3n) is 4.04. The molecular weight excluding hydrogens is 290 g/mol. The third-order valence-corrected chi connectivity index (χ3v) is 4.04. The quantitative estimate of drug-likeness (QED) is 0.926. The molecule has 0 spiro atoms. The molecule has 5 nitrogen and oxygen atoms in total. The zero-order valence-corrected chi connectivity index (χ0v) is 13.5. The van der Waals surface area contributed by atoms with Gasteiger partial charge in [-0.2, -0.15) is 0 Å². The van der Waals surface area contributed by atoms with Gasteiger partial charge in [-0.15, -0.1) is 0 Å². The monoisotopic (exact) mass is 311 g/mol. The third kappa shape index (κ3) is 3.51. The molecule has 1 N–H and O–H groups in total. The maximum atomic E-state index is 12.7. The molecule has 3 rings (SSSR count). The SMILES string of the molecule is Cc1ccc(NC(=O)N2CCOCC2c2ccccc2)c(C)n1. The number of aromatic nitrogens is 1. The van der Waals surface area contributed by atoms with Gasteiger partial charge in [0.05, 0.1) is 30.6 Å². The van der Waals surface area contributed by atoms with Crippen molar-refractivity contribution in [2.45, 2.75) is 19.9 Å². The van der Waals surface area contributed by atoms with Gasteiger partial charge in [-0.3, -0.25) is 4.98 Å². The Morgan fingerprint density at radius 3 is 2.74 bits per heavy atom. The molecule has 1 fully saturated rings. The number of morpholine rings is 1. The molecule has 1 aliphatic rings. The van der Waals surface area contributed by atoms with Crippen LogP contribution >= 0.6 is 0 Å². The highest BCUT2D eigenvalue weighted by atomic mass is 16.5. The minimum atomic E-state index is -0.115. The minimum Gasteiger partial charge on any atom is -0.377 e. The number of hydrogen-bond acceptors (Lipinski definition) is 3. The van der Waals surface area contributed by atoms with Crippen molar-refractivity contribution in [1.82, 2.24) is 9.88 Å². The Morgan fingerprint density at radius 2 is 2.00 bits per heavy atom. The summed E-state index contributed by atoms with van der Waals surface area (Å²) in [5.74, 6) is 0. The number of hydrogen-bond donors (Lipinski definition) is 1. The van der Waals surface area contributed by atoms with Crippen LogP contribution in [0.3, 0.4) is 0 Å². The highest BCUT2D eigenvalue weighted by Crippen LogP contribution is 2.25. The van der Waals surface area contributed by atoms with Crippen LogP contribution in [0.5, 0.6) is 0 Å². The maximum absolute atomic E-state index is 12.7. The van der Waals surface area contributed by atoms with Gasteiger partial charge in [-0.25, -0.2) is 4.79 Å². The number of nitrogens with zero attached hydrogens (tertiary/aromatic N) is 2. The van der Waals surface area contributed by atoms with Gasteiger partial charge >= 0.3 is 6.03 Å². The lowest BCUT2D eigenvalue weighted by atomic mass is 10.1. The van der Waals surface area contributed by atoms with Crippen molar-refractivity contribution in [3.63, 3.8) is 0 Å². The summed E-state index contributed by atoms with van der Waals surface area (Å²) in [6, 6.07) is 13.6. The first-order chi connectivity index (χ1) is 11.1. The lowest BCUT2D eigenvalue weighted by Crippen LogP contribution is -2.45. The molecule has 1 aliphatic heterocycles. The number of aryl methyl sites for hydroxylation is 2. The molecule has 1 saturated heterocycles. The average Bonchev–Trinajstić information content (AvgIpc) is 2.58. The second kappa shape index (κ2) is 6.79. The van der Waals surface area contributed by atoms with Crippen LogP contribution in [0.25, 0.3) is 0 Å². The van der Waals surface area contributed by atoms with Crippen LogP contribution < -0.4 is 5.32 Å². The lowest BCUT2D eigenvalue weighted by Gasteiger charge is -2.36. The number of rotatable bonds is 2. The first-order valence-corrected chi connectivity index (χ1v) is 7.80. The van der Waals surface area contributed by atoms with Crippen molar-refractivity contribution >= 4 is 11.7 Å². The number of amides is 2. The van der Waals surface area contributed by atoms with E-state index < -0.39 is 0 Å². The van der Waals surface area contributed by atoms with E-state index in [1.54, 1.807) is 0 Å². The van der Waals surface area contributed by atoms with Gasteiger partial charge in [-0.1, -0.05) is 30.3 Å². The van der Waals surface area contributed by atoms with Crippen molar-refractivity contribution in [2.75, 3.05) is 25.1 Å². The highest BCUT2D eigenvalue weighted by molar-refractivity contribution is 5.90. The van der Waals surface area contributed by atoms with Gasteiger partial charge in [0, 0.05) is 12.2 Å². The topological polar surface area (TPSA) is 54.5 Å². The molecule has 0 radical (unpaired) electrons. The molecule has 1 aromatic heterocycles. The van der Waals surface area contributed by atoms with E-state index in [0.717, 1.165) is 22.6 Å². The summed E-state index contributed by atoms with van der Waals surface area (Å²) < 4.78 is 5.57. The number of anilines is 1. The van der Waals surface area contributed by atoms with E-state index in [2.05, 4.69) is 10.3 Å². The fraction of sp³-hybridized carbons (Fsp3) is 0.333. The molecule has 0 aliphatic carbocycles. The van der Waals surface area contributed by atoms with Gasteiger partial charge in [0.25, 0.3) is 0 Å². The smallest absolute Gasteiger partial charge is 0.322 e. The van der Waals surface area contributed by atoms with Gasteiger partial charge in [0.2, 0.25) is 0 Å². The molecule has 5 heteroatoms. The fourth-order valence-corrected chi connectivity index (χ4v) is 2.80. The standard InChI is InChI=1S/C18H21N3O2/c1-13-8-9-16(14(2)19-13)20-18(22)21-10-11-23-12-17(21)15-6-4-3-5-7-15/h3-9,17H,10-12H2,1-2H3,(H,20,22). The average molecular weight is 311 g/mol. The molecule has 1 atom stereocenters. The molecule has 2 amide bonds. The zero-order chi connectivity index (χ0) is 16.2. The Labute approximate surface area is 136 Å². The first-order valence-electron chi connectivity index (χ1n) is 7.80. The predicted molar refractivity (Wildman–Crippen MR) is 89.4 cm³/mol. The summed E-state index contributed by atoms with van der Waals surface area (Å²) in [7, 11) is 0. The molecule has 1 aromatic carbocycles. The van der Waals surface area contributed by atoms with Crippen molar-refractivity contribution in [3.8, 4) is 0 Å². The number of nitrogens with one attached hydrogen (secondary N) is 1. The normalized spacial score (nSPS) is 17.8. The second-order valence-electron chi connectivity index (χ2n) is 5.71. The number of pyridine rings is 1. The molecule has 2 heterocycles. The van der Waals surface area contributed by atoms with E-state index in [9.17, 15) is 4.79 Å². The molecular formula is C18H21N3O2. The lowest BCUT2D eigenvalue weighted by molar-refractivity contribution is 0.0148. The van der Waals surface area contributed by atoms with Gasteiger partial charge in [0.1, 0.15) is 0 Å². The van der Waals surface area contributed by atoms with E-state index >= 15 is 0 Å². The summed E-state index contributed by atoms with van der Waals surface area (Å²) in [5.41, 5.74) is 3.59. The van der Waals surface area contributed by atoms with E-state index in [1.807, 2.05) is 61.2 Å². The summed E-state index contributed by atoms with van der Waals surface area (Å²) in [4.78, 5) is 18.9. The number of urea groups is 1. The largest absolute Gasteiger partial charge is 0.377 e. The van der Waals surface area contributed by atoms with E-state index in [1.165, 1.54) is 0 Å². The Balaban J connectivity index is 1.79. The zero-order valence-electron chi connectivity index (χ0n) is 13.5. The number of carbonyl (C=O) groups excluding carboxylic acids is 1. The second-order valence-corrected chi connectivity index (χ2v) is 5.71. The maximum Gasteiger partial charge on any atom is 0.322 e. The molecule has 120 valence electrons. The molecule has 0 saturated carbocycles. The van der Waals surface area contributed by atoms with Crippen LogP contribution in [-0.2, 0) is 4.74 Å². The van der Waals surface area contributed by atoms with Crippen LogP contribution in [0.4, 0.5) is 10.5 Å². The van der Waals surface area contributed by atoms with Gasteiger partial charge in [0.15, 0.2) is 0 Å². The fourth-order valence-electron chi connectivity index (χ4n) is 2.80. The minimum absolute atomic E-state index is 0.0661. The summed E-state index contributed by atoms with van der Waals surface area (Å²) in [6.07, 6.45) is 0. The number of carbonyl (C=O) groups is 1. The van der Waals surface area contributed by atoms with Crippen molar-refractivity contribution < 1.29 is 9.53 Å². The van der Waals surface area contributed by atoms with E-state index in [0.29, 0.717) is 19.8 Å². The van der Waals surface area contributed by atoms with Crippen LogP contribution in [-0.4, -0.2) is 35.7 Å². The molecule has 23 heavy (non-hydrogen) atoms. The Hall–Kier alpha value is -2.40. The summed E-state index contributed by atoms with van der Waals surface area (Å²) >= 11 is 0. The molecule has 1 unspecified atom stereocenters. The van der Waals surface area contributed by atoms with Crippen molar-refractivity contribution in [2.24, 2.45) is 0 Å².